The topological polar surface area (TPSA) is 77.1 Å². The van der Waals surface area contributed by atoms with Crippen molar-refractivity contribution >= 4 is 27.3 Å². The van der Waals surface area contributed by atoms with E-state index in [1.807, 2.05) is 19.0 Å². The first-order valence-corrected chi connectivity index (χ1v) is 9.95. The van der Waals surface area contributed by atoms with Gasteiger partial charge in [0.2, 0.25) is 0 Å². The molecule has 0 aromatic heterocycles. The number of methoxy groups -OCH3 is 2. The molecule has 9 heteroatoms. The highest BCUT2D eigenvalue weighted by Crippen LogP contribution is 2.32. The van der Waals surface area contributed by atoms with Crippen LogP contribution in [0, 0.1) is 0 Å². The molecule has 0 spiro atoms. The largest absolute Gasteiger partial charge is 0.493 e. The van der Waals surface area contributed by atoms with Crippen molar-refractivity contribution in [1.82, 2.24) is 4.90 Å². The van der Waals surface area contributed by atoms with Gasteiger partial charge in [-0.05, 0) is 38.4 Å². The summed E-state index contributed by atoms with van der Waals surface area (Å²) < 4.78 is 43.8. The summed E-state index contributed by atoms with van der Waals surface area (Å²) in [5.74, 6) is 1.18. The fourth-order valence-electron chi connectivity index (χ4n) is 2.21. The third-order valence-electron chi connectivity index (χ3n) is 3.64. The zero-order valence-electron chi connectivity index (χ0n) is 15.7. The molecule has 7 nitrogen and oxygen atoms in total. The molecule has 0 aliphatic carbocycles. The van der Waals surface area contributed by atoms with Crippen molar-refractivity contribution in [1.29, 1.82) is 0 Å². The van der Waals surface area contributed by atoms with Crippen molar-refractivity contribution in [3.05, 3.63) is 41.4 Å². The van der Waals surface area contributed by atoms with E-state index in [0.29, 0.717) is 41.1 Å². The lowest BCUT2D eigenvalue weighted by Crippen LogP contribution is -2.19. The molecule has 0 amide bonds. The Balaban J connectivity index is 2.22. The van der Waals surface area contributed by atoms with Gasteiger partial charge in [-0.2, -0.15) is 0 Å². The highest BCUT2D eigenvalue weighted by atomic mass is 35.5. The maximum Gasteiger partial charge on any atom is 0.262 e. The third-order valence-corrected chi connectivity index (χ3v) is 5.34. The third kappa shape index (κ3) is 5.66. The first-order chi connectivity index (χ1) is 12.8. The van der Waals surface area contributed by atoms with Crippen LogP contribution in [0.25, 0.3) is 0 Å². The summed E-state index contributed by atoms with van der Waals surface area (Å²) in [6.45, 7) is 1.14. The molecule has 2 aromatic rings. The van der Waals surface area contributed by atoms with Gasteiger partial charge in [-0.15, -0.1) is 0 Å². The Morgan fingerprint density at radius 2 is 1.70 bits per heavy atom. The molecule has 1 N–H and O–H groups in total. The molecule has 0 radical (unpaired) electrons. The number of sulfonamides is 1. The van der Waals surface area contributed by atoms with E-state index in [9.17, 15) is 8.42 Å². The molecule has 0 unspecified atom stereocenters. The van der Waals surface area contributed by atoms with Crippen LogP contribution in [0.2, 0.25) is 5.02 Å². The number of anilines is 1. The quantitative estimate of drug-likeness (QED) is 0.679. The fraction of sp³-hybridized carbons (Fsp3) is 0.333. The van der Waals surface area contributed by atoms with Gasteiger partial charge in [-0.25, -0.2) is 8.42 Å². The number of ether oxygens (including phenoxy) is 3. The van der Waals surface area contributed by atoms with Crippen molar-refractivity contribution in [3.8, 4) is 17.2 Å². The van der Waals surface area contributed by atoms with E-state index in [1.54, 1.807) is 18.2 Å². The molecular formula is C18H23ClN2O5S. The lowest BCUT2D eigenvalue weighted by molar-refractivity contribution is 0.261. The van der Waals surface area contributed by atoms with Gasteiger partial charge >= 0.3 is 0 Å². The maximum absolute atomic E-state index is 12.7. The standard InChI is InChI=1S/C18H23ClN2O5S/c1-21(2)9-10-26-17-11-13(5-7-15(17)19)20-27(22,23)14-6-8-16(24-3)18(12-14)25-4/h5-8,11-12,20H,9-10H2,1-4H3. The number of hydrogen-bond acceptors (Lipinski definition) is 6. The monoisotopic (exact) mass is 414 g/mol. The zero-order chi connectivity index (χ0) is 20.0. The summed E-state index contributed by atoms with van der Waals surface area (Å²) >= 11 is 6.13. The van der Waals surface area contributed by atoms with E-state index >= 15 is 0 Å². The average Bonchev–Trinajstić information content (AvgIpc) is 2.63. The number of halogens is 1. The van der Waals surface area contributed by atoms with Crippen LogP contribution in [0.5, 0.6) is 17.2 Å². The molecular weight excluding hydrogens is 392 g/mol. The second-order valence-corrected chi connectivity index (χ2v) is 8.01. The van der Waals surface area contributed by atoms with Crippen LogP contribution in [0.3, 0.4) is 0 Å². The van der Waals surface area contributed by atoms with E-state index in [2.05, 4.69) is 4.72 Å². The molecule has 2 aromatic carbocycles. The number of benzene rings is 2. The molecule has 0 atom stereocenters. The summed E-state index contributed by atoms with van der Waals surface area (Å²) in [5, 5.41) is 0.405. The van der Waals surface area contributed by atoms with Crippen molar-refractivity contribution < 1.29 is 22.6 Å². The van der Waals surface area contributed by atoms with Crippen LogP contribution in [0.1, 0.15) is 0 Å². The molecule has 2 rings (SSSR count). The van der Waals surface area contributed by atoms with Crippen LogP contribution >= 0.6 is 11.6 Å². The number of nitrogens with zero attached hydrogens (tertiary/aromatic N) is 1. The molecule has 148 valence electrons. The van der Waals surface area contributed by atoms with Crippen molar-refractivity contribution in [2.45, 2.75) is 4.90 Å². The highest BCUT2D eigenvalue weighted by Gasteiger charge is 2.18. The van der Waals surface area contributed by atoms with Gasteiger partial charge in [0.1, 0.15) is 12.4 Å². The van der Waals surface area contributed by atoms with Gasteiger partial charge in [0.15, 0.2) is 11.5 Å². The van der Waals surface area contributed by atoms with Gasteiger partial charge in [-0.3, -0.25) is 4.72 Å². The first-order valence-electron chi connectivity index (χ1n) is 8.08. The minimum atomic E-state index is -3.83. The van der Waals surface area contributed by atoms with Crippen LogP contribution < -0.4 is 18.9 Å². The zero-order valence-corrected chi connectivity index (χ0v) is 17.2. The second-order valence-electron chi connectivity index (χ2n) is 5.92. The van der Waals surface area contributed by atoms with Crippen LogP contribution in [0.4, 0.5) is 5.69 Å². The Bertz CT molecular complexity index is 887. The number of rotatable bonds is 9. The predicted octanol–water partition coefficient (Wildman–Crippen LogP) is 3.10. The minimum absolute atomic E-state index is 0.0465. The number of likely N-dealkylation sites (N-methyl/N-ethyl adjacent to an activating group) is 1. The van der Waals surface area contributed by atoms with E-state index in [1.165, 1.54) is 32.4 Å². The van der Waals surface area contributed by atoms with Crippen molar-refractivity contribution in [3.63, 3.8) is 0 Å². The fourth-order valence-corrected chi connectivity index (χ4v) is 3.45. The summed E-state index contributed by atoms with van der Waals surface area (Å²) in [4.78, 5) is 2.02. The smallest absolute Gasteiger partial charge is 0.262 e. The molecule has 0 saturated carbocycles. The van der Waals surface area contributed by atoms with E-state index in [0.717, 1.165) is 0 Å². The van der Waals surface area contributed by atoms with Gasteiger partial charge in [0.25, 0.3) is 10.0 Å². The van der Waals surface area contributed by atoms with Crippen molar-refractivity contribution in [2.24, 2.45) is 0 Å². The Labute approximate surface area is 164 Å². The summed E-state index contributed by atoms with van der Waals surface area (Å²) in [6.07, 6.45) is 0. The van der Waals surface area contributed by atoms with E-state index in [4.69, 9.17) is 25.8 Å². The van der Waals surface area contributed by atoms with Crippen molar-refractivity contribution in [2.75, 3.05) is 46.2 Å². The van der Waals surface area contributed by atoms with Crippen LogP contribution in [-0.4, -0.2) is 54.8 Å². The summed E-state index contributed by atoms with van der Waals surface area (Å²) in [5.41, 5.74) is 0.342. The normalized spacial score (nSPS) is 11.3. The highest BCUT2D eigenvalue weighted by molar-refractivity contribution is 7.92. The molecule has 0 saturated heterocycles. The summed E-state index contributed by atoms with van der Waals surface area (Å²) in [7, 11) is 2.96. The lowest BCUT2D eigenvalue weighted by Gasteiger charge is -2.14. The summed E-state index contributed by atoms with van der Waals surface area (Å²) in [6, 6.07) is 9.07. The second kappa shape index (κ2) is 9.16. The average molecular weight is 415 g/mol. The molecule has 0 fully saturated rings. The molecule has 0 aliphatic rings. The first kappa shape index (κ1) is 21.1. The number of hydrogen-bond donors (Lipinski definition) is 1. The molecule has 27 heavy (non-hydrogen) atoms. The lowest BCUT2D eigenvalue weighted by atomic mass is 10.3. The Hall–Kier alpha value is -2.16. The van der Waals surface area contributed by atoms with E-state index in [-0.39, 0.29) is 4.90 Å². The SMILES string of the molecule is COc1ccc(S(=O)(=O)Nc2ccc(Cl)c(OCCN(C)C)c2)cc1OC. The Morgan fingerprint density at radius 3 is 2.33 bits per heavy atom. The maximum atomic E-state index is 12.7. The minimum Gasteiger partial charge on any atom is -0.493 e. The van der Waals surface area contributed by atoms with Gasteiger partial charge in [0.05, 0.1) is 29.8 Å². The van der Waals surface area contributed by atoms with Gasteiger partial charge < -0.3 is 19.1 Å². The van der Waals surface area contributed by atoms with Gasteiger partial charge in [-0.1, -0.05) is 11.6 Å². The van der Waals surface area contributed by atoms with Crippen LogP contribution in [0.15, 0.2) is 41.3 Å². The Morgan fingerprint density at radius 1 is 1.00 bits per heavy atom. The molecule has 0 bridgehead atoms. The van der Waals surface area contributed by atoms with Crippen LogP contribution in [-0.2, 0) is 10.0 Å². The van der Waals surface area contributed by atoms with E-state index < -0.39 is 10.0 Å². The molecule has 0 aliphatic heterocycles. The Kier molecular flexibility index (Phi) is 7.18. The molecule has 0 heterocycles. The predicted molar refractivity (Wildman–Crippen MR) is 106 cm³/mol. The van der Waals surface area contributed by atoms with Gasteiger partial charge in [0, 0.05) is 18.7 Å². The number of nitrogens with one attached hydrogen (secondary N) is 1.